The molecular weight excluding hydrogens is 240 g/mol. The summed E-state index contributed by atoms with van der Waals surface area (Å²) >= 11 is 0. The van der Waals surface area contributed by atoms with Gasteiger partial charge in [-0.2, -0.15) is 0 Å². The fraction of sp³-hybridized carbons (Fsp3) is 0.188. The number of hydrogen-bond donors (Lipinski definition) is 2. The van der Waals surface area contributed by atoms with Crippen LogP contribution in [0.15, 0.2) is 60.7 Å². The fourth-order valence-electron chi connectivity index (χ4n) is 2.26. The first kappa shape index (κ1) is 13.3. The number of carbonyl (C=O) groups is 1. The number of carboxylic acid groups (broad SMARTS) is 1. The maximum absolute atomic E-state index is 11.4. The summed E-state index contributed by atoms with van der Waals surface area (Å²) in [5.74, 6) is -1.84. The van der Waals surface area contributed by atoms with E-state index in [9.17, 15) is 15.0 Å². The fourth-order valence-corrected chi connectivity index (χ4v) is 2.26. The second kappa shape index (κ2) is 5.24. The quantitative estimate of drug-likeness (QED) is 0.884. The number of aliphatic carboxylic acids is 1. The average Bonchev–Trinajstić information content (AvgIpc) is 2.41. The van der Waals surface area contributed by atoms with Gasteiger partial charge in [0.15, 0.2) is 5.60 Å². The Labute approximate surface area is 112 Å². The zero-order chi connectivity index (χ0) is 13.9. The SMILES string of the molecule is C[C@@](O)(C(=O)O)C(c1ccccc1)c1ccccc1. The van der Waals surface area contributed by atoms with Gasteiger partial charge in [-0.3, -0.25) is 0 Å². The summed E-state index contributed by atoms with van der Waals surface area (Å²) < 4.78 is 0. The van der Waals surface area contributed by atoms with Crippen molar-refractivity contribution < 1.29 is 15.0 Å². The number of carboxylic acids is 1. The summed E-state index contributed by atoms with van der Waals surface area (Å²) in [6.45, 7) is 1.33. The van der Waals surface area contributed by atoms with Crippen LogP contribution in [0.1, 0.15) is 24.0 Å². The van der Waals surface area contributed by atoms with E-state index in [1.807, 2.05) is 60.7 Å². The Kier molecular flexibility index (Phi) is 3.67. The molecule has 0 aromatic heterocycles. The largest absolute Gasteiger partial charge is 0.479 e. The van der Waals surface area contributed by atoms with Crippen LogP contribution < -0.4 is 0 Å². The third kappa shape index (κ3) is 2.66. The van der Waals surface area contributed by atoms with E-state index >= 15 is 0 Å². The van der Waals surface area contributed by atoms with Gasteiger partial charge in [-0.1, -0.05) is 60.7 Å². The minimum atomic E-state index is -1.86. The van der Waals surface area contributed by atoms with Crippen molar-refractivity contribution in [1.82, 2.24) is 0 Å². The van der Waals surface area contributed by atoms with Gasteiger partial charge in [0.1, 0.15) is 0 Å². The Morgan fingerprint density at radius 2 is 1.32 bits per heavy atom. The van der Waals surface area contributed by atoms with E-state index in [1.165, 1.54) is 6.92 Å². The summed E-state index contributed by atoms with van der Waals surface area (Å²) in [4.78, 5) is 11.4. The van der Waals surface area contributed by atoms with E-state index in [0.717, 1.165) is 11.1 Å². The summed E-state index contributed by atoms with van der Waals surface area (Å²) in [5.41, 5.74) is -0.301. The maximum atomic E-state index is 11.4. The van der Waals surface area contributed by atoms with Gasteiger partial charge < -0.3 is 10.2 Å². The van der Waals surface area contributed by atoms with Crippen molar-refractivity contribution in [2.45, 2.75) is 18.4 Å². The van der Waals surface area contributed by atoms with Crippen LogP contribution in [0.2, 0.25) is 0 Å². The highest BCUT2D eigenvalue weighted by Gasteiger charge is 2.41. The van der Waals surface area contributed by atoms with E-state index < -0.39 is 17.5 Å². The maximum Gasteiger partial charge on any atom is 0.336 e. The number of aliphatic hydroxyl groups is 1. The highest BCUT2D eigenvalue weighted by molar-refractivity contribution is 5.79. The second-order valence-electron chi connectivity index (χ2n) is 4.71. The first-order valence-corrected chi connectivity index (χ1v) is 6.09. The van der Waals surface area contributed by atoms with Crippen molar-refractivity contribution in [2.75, 3.05) is 0 Å². The highest BCUT2D eigenvalue weighted by Crippen LogP contribution is 2.34. The summed E-state index contributed by atoms with van der Waals surface area (Å²) in [7, 11) is 0. The van der Waals surface area contributed by atoms with Crippen molar-refractivity contribution in [3.63, 3.8) is 0 Å². The Hall–Kier alpha value is -2.13. The number of benzene rings is 2. The molecule has 0 fully saturated rings. The Morgan fingerprint density at radius 3 is 1.63 bits per heavy atom. The summed E-state index contributed by atoms with van der Waals surface area (Å²) in [6.07, 6.45) is 0. The smallest absolute Gasteiger partial charge is 0.336 e. The highest BCUT2D eigenvalue weighted by atomic mass is 16.4. The van der Waals surface area contributed by atoms with Gasteiger partial charge in [0.2, 0.25) is 0 Å². The van der Waals surface area contributed by atoms with E-state index in [-0.39, 0.29) is 0 Å². The van der Waals surface area contributed by atoms with Crippen LogP contribution in [0.3, 0.4) is 0 Å². The van der Waals surface area contributed by atoms with Crippen LogP contribution in [0.5, 0.6) is 0 Å². The summed E-state index contributed by atoms with van der Waals surface area (Å²) in [6, 6.07) is 18.4. The zero-order valence-corrected chi connectivity index (χ0v) is 10.7. The third-order valence-electron chi connectivity index (χ3n) is 3.26. The van der Waals surface area contributed by atoms with Crippen molar-refractivity contribution in [3.05, 3.63) is 71.8 Å². The predicted octanol–water partition coefficient (Wildman–Crippen LogP) is 2.65. The lowest BCUT2D eigenvalue weighted by atomic mass is 9.78. The molecule has 3 heteroatoms. The lowest BCUT2D eigenvalue weighted by molar-refractivity contribution is -0.157. The van der Waals surface area contributed by atoms with Crippen LogP contribution in [-0.4, -0.2) is 21.8 Å². The third-order valence-corrected chi connectivity index (χ3v) is 3.26. The van der Waals surface area contributed by atoms with E-state index in [2.05, 4.69) is 0 Å². The standard InChI is InChI=1S/C16H16O3/c1-16(19,15(17)18)14(12-8-4-2-5-9-12)13-10-6-3-7-11-13/h2-11,14,19H,1H3,(H,17,18)/t16-/m0/s1. The van der Waals surface area contributed by atoms with Crippen LogP contribution in [-0.2, 0) is 4.79 Å². The molecule has 1 atom stereocenters. The van der Waals surface area contributed by atoms with Gasteiger partial charge in [-0.25, -0.2) is 4.79 Å². The lowest BCUT2D eigenvalue weighted by Crippen LogP contribution is -2.42. The van der Waals surface area contributed by atoms with Gasteiger partial charge in [0.05, 0.1) is 0 Å². The molecule has 2 aromatic rings. The van der Waals surface area contributed by atoms with Crippen LogP contribution in [0, 0.1) is 0 Å². The topological polar surface area (TPSA) is 57.5 Å². The van der Waals surface area contributed by atoms with Crippen molar-refractivity contribution in [2.24, 2.45) is 0 Å². The summed E-state index contributed by atoms with van der Waals surface area (Å²) in [5, 5.41) is 19.6. The van der Waals surface area contributed by atoms with Gasteiger partial charge in [0, 0.05) is 5.92 Å². The van der Waals surface area contributed by atoms with Crippen LogP contribution in [0.25, 0.3) is 0 Å². The first-order chi connectivity index (χ1) is 9.03. The minimum absolute atomic E-state index is 0.604. The molecule has 98 valence electrons. The molecule has 0 saturated heterocycles. The van der Waals surface area contributed by atoms with E-state index in [1.54, 1.807) is 0 Å². The molecule has 0 amide bonds. The molecule has 19 heavy (non-hydrogen) atoms. The molecule has 0 aliphatic carbocycles. The Bertz CT molecular complexity index is 507. The van der Waals surface area contributed by atoms with Gasteiger partial charge in [-0.05, 0) is 18.1 Å². The van der Waals surface area contributed by atoms with Crippen molar-refractivity contribution in [3.8, 4) is 0 Å². The molecule has 0 aliphatic rings. The van der Waals surface area contributed by atoms with E-state index in [0.29, 0.717) is 0 Å². The molecule has 2 N–H and O–H groups in total. The molecule has 0 aliphatic heterocycles. The monoisotopic (exact) mass is 256 g/mol. The molecule has 0 saturated carbocycles. The average molecular weight is 256 g/mol. The molecule has 2 aromatic carbocycles. The van der Waals surface area contributed by atoms with Crippen LogP contribution >= 0.6 is 0 Å². The number of hydrogen-bond acceptors (Lipinski definition) is 2. The van der Waals surface area contributed by atoms with Gasteiger partial charge >= 0.3 is 5.97 Å². The molecule has 0 spiro atoms. The first-order valence-electron chi connectivity index (χ1n) is 6.09. The zero-order valence-electron chi connectivity index (χ0n) is 10.7. The molecular formula is C16H16O3. The number of rotatable bonds is 4. The lowest BCUT2D eigenvalue weighted by Gasteiger charge is -2.30. The molecule has 0 bridgehead atoms. The van der Waals surface area contributed by atoms with E-state index in [4.69, 9.17) is 0 Å². The van der Waals surface area contributed by atoms with Crippen LogP contribution in [0.4, 0.5) is 0 Å². The molecule has 0 unspecified atom stereocenters. The van der Waals surface area contributed by atoms with Crippen molar-refractivity contribution >= 4 is 5.97 Å². The normalized spacial score (nSPS) is 14.1. The predicted molar refractivity (Wildman–Crippen MR) is 73.0 cm³/mol. The minimum Gasteiger partial charge on any atom is -0.479 e. The molecule has 2 rings (SSSR count). The Balaban J connectivity index is 2.55. The molecule has 3 nitrogen and oxygen atoms in total. The van der Waals surface area contributed by atoms with Gasteiger partial charge in [-0.15, -0.1) is 0 Å². The molecule has 0 heterocycles. The molecule has 0 radical (unpaired) electrons. The Morgan fingerprint density at radius 1 is 0.947 bits per heavy atom. The second-order valence-corrected chi connectivity index (χ2v) is 4.71. The van der Waals surface area contributed by atoms with Crippen molar-refractivity contribution in [1.29, 1.82) is 0 Å². The van der Waals surface area contributed by atoms with Gasteiger partial charge in [0.25, 0.3) is 0 Å².